The number of thioether (sulfide) groups is 1. The van der Waals surface area contributed by atoms with Crippen LogP contribution in [0.5, 0.6) is 0 Å². The maximum absolute atomic E-state index is 13.4. The number of hydrogen-bond acceptors (Lipinski definition) is 3. The van der Waals surface area contributed by atoms with Crippen LogP contribution >= 0.6 is 23.1 Å². The summed E-state index contributed by atoms with van der Waals surface area (Å²) in [5, 5.41) is 2.12. The quantitative estimate of drug-likeness (QED) is 0.436. The third kappa shape index (κ3) is 3.54. The van der Waals surface area contributed by atoms with E-state index in [2.05, 4.69) is 38.3 Å². The molecule has 0 spiro atoms. The van der Waals surface area contributed by atoms with Gasteiger partial charge in [-0.15, -0.1) is 23.1 Å². The molecule has 8 atom stereocenters. The Kier molecular flexibility index (Phi) is 5.93. The fourth-order valence-corrected chi connectivity index (χ4v) is 10.5. The molecule has 0 N–H and O–H groups in total. The lowest BCUT2D eigenvalue weighted by atomic mass is 9.41. The number of hydrogen-bond donors (Lipinski definition) is 0. The molecule has 1 aromatic rings. The molecular formula is C27H40OS2. The highest BCUT2D eigenvalue weighted by Crippen LogP contribution is 2.66. The first-order valence-corrected chi connectivity index (χ1v) is 14.5. The molecule has 3 heteroatoms. The molecule has 1 nitrogen and oxygen atoms in total. The van der Waals surface area contributed by atoms with Gasteiger partial charge in [0.1, 0.15) is 5.78 Å². The lowest BCUT2D eigenvalue weighted by Crippen LogP contribution is -2.57. The maximum Gasteiger partial charge on any atom is 0.146 e. The molecule has 5 rings (SSSR count). The Morgan fingerprint density at radius 1 is 1.07 bits per heavy atom. The molecule has 0 saturated heterocycles. The summed E-state index contributed by atoms with van der Waals surface area (Å²) >= 11 is 3.54. The molecule has 0 aliphatic heterocycles. The lowest BCUT2D eigenvalue weighted by molar-refractivity contribution is -0.155. The molecular weight excluding hydrogens is 404 g/mol. The van der Waals surface area contributed by atoms with E-state index in [1.54, 1.807) is 23.1 Å². The van der Waals surface area contributed by atoms with E-state index in [1.807, 2.05) is 0 Å². The van der Waals surface area contributed by atoms with Gasteiger partial charge in [-0.05, 0) is 103 Å². The molecule has 4 aliphatic carbocycles. The van der Waals surface area contributed by atoms with Crippen LogP contribution in [0.15, 0.2) is 21.7 Å². The van der Waals surface area contributed by atoms with Crippen molar-refractivity contribution in [1.29, 1.82) is 0 Å². The Morgan fingerprint density at radius 2 is 1.87 bits per heavy atom. The molecule has 0 radical (unpaired) electrons. The highest BCUT2D eigenvalue weighted by atomic mass is 32.2. The Bertz CT molecular complexity index is 757. The van der Waals surface area contributed by atoms with E-state index < -0.39 is 0 Å². The maximum atomic E-state index is 13.4. The number of fused-ring (bicyclic) bond motifs is 5. The predicted octanol–water partition coefficient (Wildman–Crippen LogP) is 8.09. The van der Waals surface area contributed by atoms with Gasteiger partial charge in [0.25, 0.3) is 0 Å². The molecule has 4 fully saturated rings. The van der Waals surface area contributed by atoms with Crippen LogP contribution in [-0.2, 0) is 4.79 Å². The van der Waals surface area contributed by atoms with Crippen LogP contribution < -0.4 is 0 Å². The molecule has 1 heterocycles. The van der Waals surface area contributed by atoms with Crippen LogP contribution in [0.2, 0.25) is 0 Å². The van der Waals surface area contributed by atoms with E-state index >= 15 is 0 Å². The SMILES string of the molecule is C[C@H]1CC[C@@]2(C)C(CC[C@@H]3C2CC[C@@]2(C)C3CCC[C@@H]2C(=O)CSc2cccs2)C1. The fraction of sp³-hybridized carbons (Fsp3) is 0.815. The first kappa shape index (κ1) is 21.6. The van der Waals surface area contributed by atoms with Gasteiger partial charge in [0.05, 0.1) is 9.96 Å². The van der Waals surface area contributed by atoms with E-state index in [0.29, 0.717) is 22.9 Å². The average molecular weight is 445 g/mol. The molecule has 4 aliphatic rings. The smallest absolute Gasteiger partial charge is 0.146 e. The summed E-state index contributed by atoms with van der Waals surface area (Å²) in [6.45, 7) is 7.68. The Hall–Kier alpha value is -0.280. The van der Waals surface area contributed by atoms with Crippen molar-refractivity contribution in [2.45, 2.75) is 89.2 Å². The van der Waals surface area contributed by atoms with E-state index in [9.17, 15) is 4.79 Å². The van der Waals surface area contributed by atoms with Crippen LogP contribution in [0.3, 0.4) is 0 Å². The zero-order chi connectivity index (χ0) is 20.9. The molecule has 0 aromatic carbocycles. The zero-order valence-corrected chi connectivity index (χ0v) is 20.8. The van der Waals surface area contributed by atoms with E-state index in [4.69, 9.17) is 0 Å². The molecule has 3 unspecified atom stereocenters. The topological polar surface area (TPSA) is 17.1 Å². The van der Waals surface area contributed by atoms with Crippen LogP contribution in [-0.4, -0.2) is 11.5 Å². The summed E-state index contributed by atoms with van der Waals surface area (Å²) < 4.78 is 1.29. The number of rotatable bonds is 4. The van der Waals surface area contributed by atoms with E-state index in [-0.39, 0.29) is 5.41 Å². The molecule has 1 aromatic heterocycles. The third-order valence-corrected chi connectivity index (χ3v) is 12.6. The van der Waals surface area contributed by atoms with Crippen LogP contribution in [0.4, 0.5) is 0 Å². The number of Topliss-reactive ketones (excluding diaryl/α,β-unsaturated/α-hetero) is 1. The van der Waals surface area contributed by atoms with Gasteiger partial charge in [0.15, 0.2) is 0 Å². The second-order valence-electron chi connectivity index (χ2n) is 11.8. The Morgan fingerprint density at radius 3 is 2.67 bits per heavy atom. The van der Waals surface area contributed by atoms with Crippen molar-refractivity contribution in [2.24, 2.45) is 46.3 Å². The lowest BCUT2D eigenvalue weighted by Gasteiger charge is -2.63. The Labute approximate surface area is 192 Å². The largest absolute Gasteiger partial charge is 0.298 e. The number of carbonyl (C=O) groups is 1. The molecule has 166 valence electrons. The molecule has 0 bridgehead atoms. The average Bonchev–Trinajstić information content (AvgIpc) is 3.25. The van der Waals surface area contributed by atoms with Gasteiger partial charge >= 0.3 is 0 Å². The predicted molar refractivity (Wildman–Crippen MR) is 129 cm³/mol. The molecule has 4 saturated carbocycles. The van der Waals surface area contributed by atoms with Crippen LogP contribution in [0.25, 0.3) is 0 Å². The van der Waals surface area contributed by atoms with Crippen molar-refractivity contribution < 1.29 is 4.79 Å². The highest BCUT2D eigenvalue weighted by Gasteiger charge is 2.59. The third-order valence-electron chi connectivity index (χ3n) is 10.4. The van der Waals surface area contributed by atoms with Crippen molar-refractivity contribution in [3.05, 3.63) is 17.5 Å². The normalized spacial score (nSPS) is 45.8. The summed E-state index contributed by atoms with van der Waals surface area (Å²) in [4.78, 5) is 13.4. The van der Waals surface area contributed by atoms with Crippen molar-refractivity contribution in [3.63, 3.8) is 0 Å². The van der Waals surface area contributed by atoms with Gasteiger partial charge in [-0.1, -0.05) is 39.7 Å². The van der Waals surface area contributed by atoms with Gasteiger partial charge < -0.3 is 0 Å². The van der Waals surface area contributed by atoms with E-state index in [1.165, 1.54) is 62.0 Å². The molecule has 30 heavy (non-hydrogen) atoms. The van der Waals surface area contributed by atoms with Gasteiger partial charge in [0, 0.05) is 5.92 Å². The van der Waals surface area contributed by atoms with Gasteiger partial charge in [-0.2, -0.15) is 0 Å². The van der Waals surface area contributed by atoms with Crippen molar-refractivity contribution in [3.8, 4) is 0 Å². The minimum Gasteiger partial charge on any atom is -0.298 e. The number of carbonyl (C=O) groups excluding carboxylic acids is 1. The van der Waals surface area contributed by atoms with Crippen molar-refractivity contribution >= 4 is 28.9 Å². The van der Waals surface area contributed by atoms with Gasteiger partial charge in [-0.3, -0.25) is 4.79 Å². The first-order chi connectivity index (χ1) is 14.4. The minimum absolute atomic E-state index is 0.262. The van der Waals surface area contributed by atoms with Crippen LogP contribution in [0, 0.1) is 46.3 Å². The van der Waals surface area contributed by atoms with Crippen LogP contribution in [0.1, 0.15) is 85.0 Å². The number of thiophene rings is 1. The summed E-state index contributed by atoms with van der Waals surface area (Å²) in [6.07, 6.45) is 13.8. The monoisotopic (exact) mass is 444 g/mol. The van der Waals surface area contributed by atoms with E-state index in [0.717, 1.165) is 36.0 Å². The second kappa shape index (κ2) is 8.25. The minimum atomic E-state index is 0.262. The summed E-state index contributed by atoms with van der Waals surface area (Å²) in [6, 6.07) is 4.25. The zero-order valence-electron chi connectivity index (χ0n) is 19.2. The summed E-state index contributed by atoms with van der Waals surface area (Å²) in [5.41, 5.74) is 0.848. The van der Waals surface area contributed by atoms with Gasteiger partial charge in [-0.25, -0.2) is 0 Å². The summed E-state index contributed by atoms with van der Waals surface area (Å²) in [7, 11) is 0. The van der Waals surface area contributed by atoms with Crippen molar-refractivity contribution in [1.82, 2.24) is 0 Å². The number of ketones is 1. The second-order valence-corrected chi connectivity index (χ2v) is 14.0. The standard InChI is InChI=1S/C27H40OS2/c1-18-11-13-26(2)19(16-18)9-10-20-21-6-4-7-23(27(21,3)14-12-22(20)26)24(28)17-30-25-8-5-15-29-25/h5,8,15,18-23H,4,6-7,9-14,16-17H2,1-3H3/t18-,19?,20-,21?,22?,23+,26-,27-/m0/s1. The molecule has 0 amide bonds. The van der Waals surface area contributed by atoms with Gasteiger partial charge in [0.2, 0.25) is 0 Å². The summed E-state index contributed by atoms with van der Waals surface area (Å²) in [5.74, 6) is 6.05. The fourth-order valence-electron chi connectivity index (χ4n) is 8.79. The highest BCUT2D eigenvalue weighted by molar-refractivity contribution is 8.01. The Balaban J connectivity index is 1.33. The van der Waals surface area contributed by atoms with Crippen molar-refractivity contribution in [2.75, 3.05) is 5.75 Å². The first-order valence-electron chi connectivity index (χ1n) is 12.6.